The third kappa shape index (κ3) is 2.24. The van der Waals surface area contributed by atoms with Gasteiger partial charge in [-0.25, -0.2) is 0 Å². The summed E-state index contributed by atoms with van der Waals surface area (Å²) in [6.07, 6.45) is 5.09. The highest BCUT2D eigenvalue weighted by Crippen LogP contribution is 2.77. The summed E-state index contributed by atoms with van der Waals surface area (Å²) in [7, 11) is 0. The molecule has 0 atom stereocenters. The predicted molar refractivity (Wildman–Crippen MR) is 101 cm³/mol. The summed E-state index contributed by atoms with van der Waals surface area (Å²) in [5, 5.41) is 0. The molecule has 0 radical (unpaired) electrons. The van der Waals surface area contributed by atoms with Gasteiger partial charge >= 0.3 is 0 Å². The summed E-state index contributed by atoms with van der Waals surface area (Å²) in [4.78, 5) is 0. The van der Waals surface area contributed by atoms with Gasteiger partial charge in [-0.1, -0.05) is 39.8 Å². The van der Waals surface area contributed by atoms with Crippen LogP contribution in [-0.2, 0) is 0 Å². The lowest BCUT2D eigenvalue weighted by atomic mass is 9.79. The molecule has 0 bridgehead atoms. The zero-order valence-corrected chi connectivity index (χ0v) is 16.0. The minimum atomic E-state index is 0.351. The molecular weight excluding hydrogens is 320 g/mol. The second kappa shape index (κ2) is 5.82. The maximum Gasteiger partial charge on any atom is 0.114 e. The van der Waals surface area contributed by atoms with Crippen molar-refractivity contribution in [3.05, 3.63) is 23.3 Å². The van der Waals surface area contributed by atoms with Crippen LogP contribution in [0.15, 0.2) is 23.3 Å². The van der Waals surface area contributed by atoms with Crippen LogP contribution in [0.25, 0.3) is 0 Å². The number of allylic oxidation sites excluding steroid dienone is 2. The maximum atomic E-state index is 2.55. The Morgan fingerprint density at radius 3 is 1.25 bits per heavy atom. The smallest absolute Gasteiger partial charge is 0.114 e. The van der Waals surface area contributed by atoms with Crippen LogP contribution in [0.4, 0.5) is 0 Å². The van der Waals surface area contributed by atoms with Gasteiger partial charge in [-0.2, -0.15) is 0 Å². The summed E-state index contributed by atoms with van der Waals surface area (Å²) in [6, 6.07) is 0. The molecule has 1 saturated carbocycles. The van der Waals surface area contributed by atoms with Gasteiger partial charge in [0.25, 0.3) is 0 Å². The zero-order valence-electron chi connectivity index (χ0n) is 12.8. The van der Waals surface area contributed by atoms with Crippen LogP contribution in [0, 0.1) is 11.8 Å². The molecule has 112 valence electrons. The van der Waals surface area contributed by atoms with E-state index in [1.165, 1.54) is 23.0 Å². The van der Waals surface area contributed by atoms with E-state index in [0.717, 1.165) is 0 Å². The van der Waals surface area contributed by atoms with E-state index in [-0.39, 0.29) is 0 Å². The number of thioether (sulfide) groups is 4. The Balaban J connectivity index is 2.07. The van der Waals surface area contributed by atoms with E-state index >= 15 is 0 Å². The number of hydrogen-bond acceptors (Lipinski definition) is 4. The summed E-state index contributed by atoms with van der Waals surface area (Å²) in [5.41, 5.74) is 3.33. The normalized spacial score (nSPS) is 31.3. The van der Waals surface area contributed by atoms with E-state index in [1.54, 1.807) is 11.1 Å². The molecule has 4 heteroatoms. The Bertz CT molecular complexity index is 393. The van der Waals surface area contributed by atoms with Crippen LogP contribution in [0.1, 0.15) is 27.7 Å². The highest BCUT2D eigenvalue weighted by atomic mass is 32.2. The SMILES string of the molecule is CC(C)/C=C1/C(=C/C(C)C)C2(SCCS2)C12SCCS2. The fraction of sp³-hybridized carbons (Fsp3) is 0.750. The first-order chi connectivity index (χ1) is 9.52. The van der Waals surface area contributed by atoms with Gasteiger partial charge in [-0.05, 0) is 23.0 Å². The molecule has 0 unspecified atom stereocenters. The third-order valence-corrected chi connectivity index (χ3v) is 11.6. The molecular formula is C16H24S4. The molecule has 3 fully saturated rings. The van der Waals surface area contributed by atoms with Crippen LogP contribution in [0.5, 0.6) is 0 Å². The second-order valence-corrected chi connectivity index (χ2v) is 12.0. The van der Waals surface area contributed by atoms with Gasteiger partial charge in [0, 0.05) is 23.0 Å². The Kier molecular flexibility index (Phi) is 4.59. The average molecular weight is 345 g/mol. The third-order valence-electron chi connectivity index (χ3n) is 3.82. The summed E-state index contributed by atoms with van der Waals surface area (Å²) < 4.78 is 0.702. The van der Waals surface area contributed by atoms with E-state index in [2.05, 4.69) is 86.9 Å². The van der Waals surface area contributed by atoms with E-state index in [9.17, 15) is 0 Å². The highest BCUT2D eigenvalue weighted by Gasteiger charge is 2.69. The topological polar surface area (TPSA) is 0 Å². The Morgan fingerprint density at radius 1 is 0.700 bits per heavy atom. The van der Waals surface area contributed by atoms with Crippen molar-refractivity contribution in [2.45, 2.75) is 35.9 Å². The van der Waals surface area contributed by atoms with Gasteiger partial charge < -0.3 is 0 Å². The Hall–Kier alpha value is 0.880. The van der Waals surface area contributed by atoms with Gasteiger partial charge in [0.05, 0.1) is 0 Å². The van der Waals surface area contributed by atoms with Crippen LogP contribution in [-0.4, -0.2) is 31.2 Å². The molecule has 0 aromatic heterocycles. The van der Waals surface area contributed by atoms with E-state index in [4.69, 9.17) is 0 Å². The van der Waals surface area contributed by atoms with Crippen molar-refractivity contribution in [1.82, 2.24) is 0 Å². The van der Waals surface area contributed by atoms with Crippen molar-refractivity contribution in [3.63, 3.8) is 0 Å². The molecule has 0 nitrogen and oxygen atoms in total. The minimum absolute atomic E-state index is 0.351. The standard InChI is InChI=1S/C16H24S4/c1-11(2)9-13-14(10-12(3)4)16(19-7-8-20-16)15(13)17-5-6-18-15/h9-12H,5-8H2,1-4H3/b13-9-,14-10-. The van der Waals surface area contributed by atoms with Gasteiger partial charge in [-0.15, -0.1) is 47.0 Å². The van der Waals surface area contributed by atoms with Crippen LogP contribution in [0.2, 0.25) is 0 Å². The van der Waals surface area contributed by atoms with Crippen molar-refractivity contribution in [3.8, 4) is 0 Å². The Morgan fingerprint density at radius 2 is 1.00 bits per heavy atom. The predicted octanol–water partition coefficient (Wildman–Crippen LogP) is 5.52. The van der Waals surface area contributed by atoms with Crippen molar-refractivity contribution in [2.75, 3.05) is 23.0 Å². The quantitative estimate of drug-likeness (QED) is 0.646. The maximum absolute atomic E-state index is 2.55. The van der Waals surface area contributed by atoms with Crippen molar-refractivity contribution < 1.29 is 0 Å². The summed E-state index contributed by atoms with van der Waals surface area (Å²) in [6.45, 7) is 9.27. The highest BCUT2D eigenvalue weighted by molar-refractivity contribution is 8.29. The van der Waals surface area contributed by atoms with Gasteiger partial charge in [0.2, 0.25) is 0 Å². The number of hydrogen-bond donors (Lipinski definition) is 0. The largest absolute Gasteiger partial charge is 0.136 e. The minimum Gasteiger partial charge on any atom is -0.136 e. The molecule has 1 aliphatic carbocycles. The van der Waals surface area contributed by atoms with Gasteiger partial charge in [-0.3, -0.25) is 0 Å². The summed E-state index contributed by atoms with van der Waals surface area (Å²) in [5.74, 6) is 6.56. The molecule has 0 amide bonds. The number of fused-ring (bicyclic) bond motifs is 1. The molecule has 3 rings (SSSR count). The summed E-state index contributed by atoms with van der Waals surface area (Å²) >= 11 is 8.88. The zero-order chi connectivity index (χ0) is 14.4. The van der Waals surface area contributed by atoms with E-state index < -0.39 is 0 Å². The molecule has 2 saturated heterocycles. The first kappa shape index (κ1) is 15.8. The monoisotopic (exact) mass is 344 g/mol. The number of rotatable bonds is 2. The van der Waals surface area contributed by atoms with E-state index in [1.807, 2.05) is 0 Å². The first-order valence-electron chi connectivity index (χ1n) is 7.52. The van der Waals surface area contributed by atoms with Crippen LogP contribution in [0.3, 0.4) is 0 Å². The van der Waals surface area contributed by atoms with Crippen LogP contribution < -0.4 is 0 Å². The average Bonchev–Trinajstić information content (AvgIpc) is 3.03. The molecule has 2 aliphatic heterocycles. The molecule has 2 heterocycles. The fourth-order valence-corrected chi connectivity index (χ4v) is 11.3. The molecule has 20 heavy (non-hydrogen) atoms. The van der Waals surface area contributed by atoms with E-state index in [0.29, 0.717) is 20.0 Å². The van der Waals surface area contributed by atoms with Gasteiger partial charge in [0.1, 0.15) is 8.16 Å². The second-order valence-electron chi connectivity index (χ2n) is 6.28. The molecule has 0 aromatic rings. The molecule has 2 spiro atoms. The molecule has 0 N–H and O–H groups in total. The lowest BCUT2D eigenvalue weighted by Gasteiger charge is -2.58. The Labute approximate surface area is 140 Å². The molecule has 0 aromatic carbocycles. The fourth-order valence-electron chi connectivity index (χ4n) is 3.23. The van der Waals surface area contributed by atoms with Gasteiger partial charge in [0.15, 0.2) is 0 Å². The van der Waals surface area contributed by atoms with Crippen molar-refractivity contribution in [1.29, 1.82) is 0 Å². The lowest BCUT2D eigenvalue weighted by molar-refractivity contribution is 0.706. The lowest BCUT2D eigenvalue weighted by Crippen LogP contribution is -2.56. The van der Waals surface area contributed by atoms with Crippen molar-refractivity contribution >= 4 is 47.0 Å². The van der Waals surface area contributed by atoms with Crippen LogP contribution >= 0.6 is 47.0 Å². The first-order valence-corrected chi connectivity index (χ1v) is 11.5. The van der Waals surface area contributed by atoms with Crippen molar-refractivity contribution in [2.24, 2.45) is 11.8 Å². The molecule has 3 aliphatic rings.